The fourth-order valence-corrected chi connectivity index (χ4v) is 2.39. The number of oxime groups is 1. The first kappa shape index (κ1) is 18.7. The minimum atomic E-state index is -0.938. The van der Waals surface area contributed by atoms with Crippen molar-refractivity contribution in [3.05, 3.63) is 0 Å². The molecule has 0 aromatic carbocycles. The molecule has 0 saturated carbocycles. The molecule has 5 heteroatoms. The van der Waals surface area contributed by atoms with Crippen LogP contribution in [0.5, 0.6) is 0 Å². The Hall–Kier alpha value is -1.26. The molecule has 3 N–H and O–H groups in total. The second-order valence-corrected chi connectivity index (χ2v) is 5.99. The fraction of sp³-hybridized carbons (Fsp3) is 0.867. The highest BCUT2D eigenvalue weighted by molar-refractivity contribution is 6.06. The number of nitrogens with two attached hydrogens (primary N) is 1. The topological polar surface area (TPSA) is 78.9 Å². The molecular formula is C15H31N3O2. The number of hydrogen-bond donors (Lipinski definition) is 2. The molecule has 0 aliphatic carbocycles. The molecule has 0 aliphatic rings. The van der Waals surface area contributed by atoms with Crippen LogP contribution in [-0.2, 0) is 4.79 Å². The molecule has 0 rings (SSSR count). The summed E-state index contributed by atoms with van der Waals surface area (Å²) in [5.74, 6) is 0.329. The van der Waals surface area contributed by atoms with Crippen LogP contribution in [0.2, 0.25) is 0 Å². The summed E-state index contributed by atoms with van der Waals surface area (Å²) in [6.45, 7) is 12.7. The van der Waals surface area contributed by atoms with E-state index in [4.69, 9.17) is 10.9 Å². The number of amides is 1. The number of hydrogen-bond acceptors (Lipinski definition) is 3. The highest BCUT2D eigenvalue weighted by Gasteiger charge is 2.41. The molecule has 20 heavy (non-hydrogen) atoms. The van der Waals surface area contributed by atoms with Gasteiger partial charge in [0.05, 0.1) is 0 Å². The lowest BCUT2D eigenvalue weighted by Crippen LogP contribution is -2.53. The third-order valence-electron chi connectivity index (χ3n) is 4.06. The van der Waals surface area contributed by atoms with Gasteiger partial charge >= 0.3 is 0 Å². The van der Waals surface area contributed by atoms with Gasteiger partial charge in [0.2, 0.25) is 5.91 Å². The average Bonchev–Trinajstić information content (AvgIpc) is 2.44. The van der Waals surface area contributed by atoms with Crippen molar-refractivity contribution in [2.75, 3.05) is 6.54 Å². The molecule has 0 aliphatic heterocycles. The van der Waals surface area contributed by atoms with Gasteiger partial charge in [-0.15, -0.1) is 0 Å². The van der Waals surface area contributed by atoms with Crippen LogP contribution >= 0.6 is 0 Å². The van der Waals surface area contributed by atoms with Gasteiger partial charge < -0.3 is 15.8 Å². The van der Waals surface area contributed by atoms with Crippen molar-refractivity contribution in [1.82, 2.24) is 4.90 Å². The maximum atomic E-state index is 12.9. The van der Waals surface area contributed by atoms with E-state index in [1.165, 1.54) is 0 Å². The fourth-order valence-electron chi connectivity index (χ4n) is 2.39. The Morgan fingerprint density at radius 1 is 1.30 bits per heavy atom. The van der Waals surface area contributed by atoms with Crippen LogP contribution in [0.4, 0.5) is 0 Å². The van der Waals surface area contributed by atoms with E-state index < -0.39 is 5.41 Å². The van der Waals surface area contributed by atoms with Gasteiger partial charge in [-0.25, -0.2) is 0 Å². The second-order valence-electron chi connectivity index (χ2n) is 5.99. The molecule has 0 fully saturated rings. The monoisotopic (exact) mass is 285 g/mol. The predicted octanol–water partition coefficient (Wildman–Crippen LogP) is 2.82. The summed E-state index contributed by atoms with van der Waals surface area (Å²) in [7, 11) is 0. The third kappa shape index (κ3) is 4.12. The number of carbonyl (C=O) groups excluding carboxylic acids is 1. The SMILES string of the molecule is CCC(CC)N(CC(C)C)C(=O)C(C)(CC)C(N)=NO. The van der Waals surface area contributed by atoms with Gasteiger partial charge in [-0.2, -0.15) is 0 Å². The van der Waals surface area contributed by atoms with Gasteiger partial charge in [-0.1, -0.05) is 39.8 Å². The van der Waals surface area contributed by atoms with E-state index in [1.807, 2.05) is 11.8 Å². The number of rotatable bonds is 8. The largest absolute Gasteiger partial charge is 0.409 e. The zero-order valence-corrected chi connectivity index (χ0v) is 13.8. The Kier molecular flexibility index (Phi) is 7.61. The lowest BCUT2D eigenvalue weighted by atomic mass is 9.83. The first-order chi connectivity index (χ1) is 9.28. The molecule has 5 nitrogen and oxygen atoms in total. The molecule has 0 aromatic heterocycles. The molecule has 0 saturated heterocycles. The predicted molar refractivity (Wildman–Crippen MR) is 82.7 cm³/mol. The Balaban J connectivity index is 5.50. The molecule has 0 radical (unpaired) electrons. The van der Waals surface area contributed by atoms with E-state index in [0.717, 1.165) is 12.8 Å². The molecular weight excluding hydrogens is 254 g/mol. The van der Waals surface area contributed by atoms with Crippen LogP contribution in [0.15, 0.2) is 5.16 Å². The minimum absolute atomic E-state index is 0.00953. The van der Waals surface area contributed by atoms with Gasteiger partial charge in [0.15, 0.2) is 5.84 Å². The average molecular weight is 285 g/mol. The molecule has 1 atom stereocenters. The summed E-state index contributed by atoms with van der Waals surface area (Å²) in [4.78, 5) is 14.9. The van der Waals surface area contributed by atoms with E-state index >= 15 is 0 Å². The van der Waals surface area contributed by atoms with Crippen molar-refractivity contribution in [3.8, 4) is 0 Å². The number of nitrogens with zero attached hydrogens (tertiary/aromatic N) is 2. The summed E-state index contributed by atoms with van der Waals surface area (Å²) in [6.07, 6.45) is 2.33. The molecule has 118 valence electrons. The van der Waals surface area contributed by atoms with Crippen molar-refractivity contribution in [2.45, 2.75) is 66.8 Å². The second kappa shape index (κ2) is 8.12. The standard InChI is InChI=1S/C15H31N3O2/c1-7-12(8-2)18(10-11(4)5)14(19)15(6,9-3)13(16)17-20/h11-12,20H,7-10H2,1-6H3,(H2,16,17). The Bertz CT molecular complexity index is 338. The normalized spacial score (nSPS) is 15.5. The van der Waals surface area contributed by atoms with E-state index in [2.05, 4.69) is 32.9 Å². The van der Waals surface area contributed by atoms with Gasteiger partial charge in [0, 0.05) is 12.6 Å². The first-order valence-electron chi connectivity index (χ1n) is 7.57. The van der Waals surface area contributed by atoms with Crippen molar-refractivity contribution >= 4 is 11.7 Å². The number of amidine groups is 1. The summed E-state index contributed by atoms with van der Waals surface area (Å²) >= 11 is 0. The van der Waals surface area contributed by atoms with E-state index in [9.17, 15) is 4.79 Å². The van der Waals surface area contributed by atoms with Crippen LogP contribution in [-0.4, -0.2) is 34.4 Å². The lowest BCUT2D eigenvalue weighted by molar-refractivity contribution is -0.141. The number of carbonyl (C=O) groups is 1. The van der Waals surface area contributed by atoms with Crippen LogP contribution in [0.3, 0.4) is 0 Å². The molecule has 0 spiro atoms. The quantitative estimate of drug-likeness (QED) is 0.311. The van der Waals surface area contributed by atoms with Gasteiger partial charge in [0.1, 0.15) is 5.41 Å². The highest BCUT2D eigenvalue weighted by Crippen LogP contribution is 2.27. The minimum Gasteiger partial charge on any atom is -0.409 e. The van der Waals surface area contributed by atoms with E-state index in [0.29, 0.717) is 18.9 Å². The van der Waals surface area contributed by atoms with Crippen LogP contribution in [0.25, 0.3) is 0 Å². The smallest absolute Gasteiger partial charge is 0.236 e. The summed E-state index contributed by atoms with van der Waals surface area (Å²) in [5, 5.41) is 12.0. The highest BCUT2D eigenvalue weighted by atomic mass is 16.4. The van der Waals surface area contributed by atoms with Crippen LogP contribution in [0.1, 0.15) is 60.8 Å². The Morgan fingerprint density at radius 3 is 2.10 bits per heavy atom. The zero-order chi connectivity index (χ0) is 15.9. The Labute approximate surface area is 123 Å². The first-order valence-corrected chi connectivity index (χ1v) is 7.57. The van der Waals surface area contributed by atoms with Crippen LogP contribution in [0, 0.1) is 11.3 Å². The van der Waals surface area contributed by atoms with Crippen molar-refractivity contribution < 1.29 is 10.0 Å². The van der Waals surface area contributed by atoms with Crippen molar-refractivity contribution in [1.29, 1.82) is 0 Å². The zero-order valence-electron chi connectivity index (χ0n) is 13.8. The molecule has 0 heterocycles. The van der Waals surface area contributed by atoms with E-state index in [1.54, 1.807) is 6.92 Å². The maximum Gasteiger partial charge on any atom is 0.236 e. The molecule has 0 aromatic rings. The van der Waals surface area contributed by atoms with Crippen molar-refractivity contribution in [2.24, 2.45) is 22.2 Å². The summed E-state index contributed by atoms with van der Waals surface area (Å²) in [5.41, 5.74) is 4.83. The van der Waals surface area contributed by atoms with Gasteiger partial charge in [-0.3, -0.25) is 4.79 Å². The molecule has 1 amide bonds. The molecule has 0 bridgehead atoms. The van der Waals surface area contributed by atoms with Crippen molar-refractivity contribution in [3.63, 3.8) is 0 Å². The Morgan fingerprint density at radius 2 is 1.80 bits per heavy atom. The maximum absolute atomic E-state index is 12.9. The summed E-state index contributed by atoms with van der Waals surface area (Å²) < 4.78 is 0. The van der Waals surface area contributed by atoms with E-state index in [-0.39, 0.29) is 17.8 Å². The molecule has 1 unspecified atom stereocenters. The van der Waals surface area contributed by atoms with Gasteiger partial charge in [0.25, 0.3) is 0 Å². The third-order valence-corrected chi connectivity index (χ3v) is 4.06. The van der Waals surface area contributed by atoms with Gasteiger partial charge in [-0.05, 0) is 32.1 Å². The summed E-state index contributed by atoms with van der Waals surface area (Å²) in [6, 6.07) is 0.197. The lowest BCUT2D eigenvalue weighted by Gasteiger charge is -2.38. The van der Waals surface area contributed by atoms with Crippen LogP contribution < -0.4 is 5.73 Å².